The molecule has 0 radical (unpaired) electrons. The molecule has 2 aromatic rings. The molecular weight excluding hydrogens is 331 g/mol. The second-order valence-corrected chi connectivity index (χ2v) is 4.82. The minimum atomic E-state index is -4.83. The van der Waals surface area contributed by atoms with Crippen molar-refractivity contribution in [2.75, 3.05) is 0 Å². The number of carbonyl (C=O) groups excluding carboxylic acids is 1. The smallest absolute Gasteiger partial charge is 0.366 e. The highest BCUT2D eigenvalue weighted by Gasteiger charge is 2.34. The van der Waals surface area contributed by atoms with Crippen LogP contribution in [0.1, 0.15) is 21.5 Å². The molecule has 0 atom stereocenters. The van der Waals surface area contributed by atoms with Gasteiger partial charge in [0.15, 0.2) is 0 Å². The molecule has 0 aliphatic carbocycles. The Morgan fingerprint density at radius 3 is 2.50 bits per heavy atom. The van der Waals surface area contributed by atoms with Gasteiger partial charge in [0.05, 0.1) is 11.5 Å². The van der Waals surface area contributed by atoms with Crippen LogP contribution in [0.3, 0.4) is 0 Å². The van der Waals surface area contributed by atoms with Gasteiger partial charge in [0.1, 0.15) is 5.56 Å². The monoisotopic (exact) mass is 341 g/mol. The van der Waals surface area contributed by atoms with Gasteiger partial charge in [0.2, 0.25) is 5.91 Å². The highest BCUT2D eigenvalue weighted by atomic mass is 19.4. The van der Waals surface area contributed by atoms with Crippen molar-refractivity contribution in [3.63, 3.8) is 0 Å². The molecule has 1 heterocycles. The van der Waals surface area contributed by atoms with Crippen molar-refractivity contribution in [2.45, 2.75) is 12.7 Å². The maximum absolute atomic E-state index is 12.7. The first-order valence-electron chi connectivity index (χ1n) is 6.45. The van der Waals surface area contributed by atoms with Crippen LogP contribution in [0.4, 0.5) is 18.9 Å². The average Bonchev–Trinajstić information content (AvgIpc) is 2.48. The predicted molar refractivity (Wildman–Crippen MR) is 76.4 cm³/mol. The number of nitro benzene ring substituents is 1. The predicted octanol–water partition coefficient (Wildman–Crippen LogP) is 1.92. The fourth-order valence-corrected chi connectivity index (χ4v) is 2.08. The number of amides is 1. The van der Waals surface area contributed by atoms with Gasteiger partial charge in [-0.3, -0.25) is 19.7 Å². The normalized spacial score (nSPS) is 11.3. The lowest BCUT2D eigenvalue weighted by Crippen LogP contribution is -2.28. The second kappa shape index (κ2) is 6.14. The lowest BCUT2D eigenvalue weighted by Gasteiger charge is -2.11. The number of nitro groups is 1. The van der Waals surface area contributed by atoms with E-state index in [9.17, 15) is 32.9 Å². The largest absolute Gasteiger partial charge is 0.421 e. The Balaban J connectivity index is 2.51. The quantitative estimate of drug-likeness (QED) is 0.677. The van der Waals surface area contributed by atoms with Crippen molar-refractivity contribution in [1.82, 2.24) is 4.57 Å². The van der Waals surface area contributed by atoms with Gasteiger partial charge in [-0.25, -0.2) is 0 Å². The maximum Gasteiger partial charge on any atom is 0.421 e. The standard InChI is InChI=1S/C14H10F3N3O4/c15-14(16,17)10-2-1-5-19(13(10)22)7-9-4-3-8(12(18)21)6-11(9)20(23)24/h1-6H,7H2,(H2,18,21). The van der Waals surface area contributed by atoms with Crippen LogP contribution in [-0.2, 0) is 12.7 Å². The van der Waals surface area contributed by atoms with E-state index in [1.54, 1.807) is 0 Å². The zero-order valence-electron chi connectivity index (χ0n) is 11.9. The summed E-state index contributed by atoms with van der Waals surface area (Å²) in [6, 6.07) is 4.93. The first-order chi connectivity index (χ1) is 11.1. The van der Waals surface area contributed by atoms with Crippen LogP contribution >= 0.6 is 0 Å². The molecule has 0 unspecified atom stereocenters. The van der Waals surface area contributed by atoms with Gasteiger partial charge in [-0.1, -0.05) is 0 Å². The molecular formula is C14H10F3N3O4. The molecule has 2 N–H and O–H groups in total. The average molecular weight is 341 g/mol. The second-order valence-electron chi connectivity index (χ2n) is 4.82. The Kier molecular flexibility index (Phi) is 4.40. The van der Waals surface area contributed by atoms with E-state index in [1.807, 2.05) is 0 Å². The molecule has 0 bridgehead atoms. The lowest BCUT2D eigenvalue weighted by atomic mass is 10.1. The van der Waals surface area contributed by atoms with Crippen molar-refractivity contribution < 1.29 is 22.9 Å². The molecule has 0 saturated carbocycles. The molecule has 0 spiro atoms. The van der Waals surface area contributed by atoms with E-state index in [0.29, 0.717) is 10.6 Å². The molecule has 7 nitrogen and oxygen atoms in total. The first-order valence-corrected chi connectivity index (χ1v) is 6.45. The van der Waals surface area contributed by atoms with Crippen molar-refractivity contribution in [1.29, 1.82) is 0 Å². The molecule has 1 aromatic heterocycles. The van der Waals surface area contributed by atoms with Gasteiger partial charge in [-0.05, 0) is 24.3 Å². The first kappa shape index (κ1) is 17.2. The van der Waals surface area contributed by atoms with Crippen LogP contribution in [0.2, 0.25) is 0 Å². The molecule has 24 heavy (non-hydrogen) atoms. The van der Waals surface area contributed by atoms with E-state index in [0.717, 1.165) is 18.3 Å². The summed E-state index contributed by atoms with van der Waals surface area (Å²) >= 11 is 0. The number of hydrogen-bond acceptors (Lipinski definition) is 4. The summed E-state index contributed by atoms with van der Waals surface area (Å²) in [6.45, 7) is -0.460. The van der Waals surface area contributed by atoms with Gasteiger partial charge in [-0.2, -0.15) is 13.2 Å². The summed E-state index contributed by atoms with van der Waals surface area (Å²) in [5.74, 6) is -0.888. The third-order valence-electron chi connectivity index (χ3n) is 3.23. The van der Waals surface area contributed by atoms with Crippen LogP contribution in [-0.4, -0.2) is 15.4 Å². The summed E-state index contributed by atoms with van der Waals surface area (Å²) in [4.78, 5) is 33.2. The van der Waals surface area contributed by atoms with Crippen molar-refractivity contribution in [2.24, 2.45) is 5.73 Å². The zero-order valence-corrected chi connectivity index (χ0v) is 11.9. The van der Waals surface area contributed by atoms with Crippen LogP contribution in [0.15, 0.2) is 41.3 Å². The van der Waals surface area contributed by atoms with E-state index in [4.69, 9.17) is 5.73 Å². The Labute approximate surface area is 132 Å². The molecule has 10 heteroatoms. The van der Waals surface area contributed by atoms with Gasteiger partial charge < -0.3 is 10.3 Å². The van der Waals surface area contributed by atoms with Gasteiger partial charge in [0, 0.05) is 23.4 Å². The van der Waals surface area contributed by atoms with Gasteiger partial charge in [0.25, 0.3) is 11.2 Å². The van der Waals surface area contributed by atoms with Gasteiger partial charge in [-0.15, -0.1) is 0 Å². The molecule has 0 fully saturated rings. The number of nitrogens with two attached hydrogens (primary N) is 1. The Morgan fingerprint density at radius 2 is 1.96 bits per heavy atom. The van der Waals surface area contributed by atoms with E-state index < -0.39 is 40.4 Å². The number of carbonyl (C=O) groups is 1. The Morgan fingerprint density at radius 1 is 1.29 bits per heavy atom. The van der Waals surface area contributed by atoms with E-state index in [1.165, 1.54) is 12.1 Å². The number of halogens is 3. The number of alkyl halides is 3. The number of hydrogen-bond donors (Lipinski definition) is 1. The van der Waals surface area contributed by atoms with E-state index >= 15 is 0 Å². The minimum absolute atomic E-state index is 0.0357. The van der Waals surface area contributed by atoms with E-state index in [-0.39, 0.29) is 11.1 Å². The van der Waals surface area contributed by atoms with Crippen LogP contribution in [0, 0.1) is 10.1 Å². The van der Waals surface area contributed by atoms with Crippen LogP contribution < -0.4 is 11.3 Å². The summed E-state index contributed by atoms with van der Waals surface area (Å²) in [7, 11) is 0. The molecule has 0 aliphatic rings. The number of rotatable bonds is 4. The number of primary amides is 1. The Bertz CT molecular complexity index is 874. The SMILES string of the molecule is NC(=O)c1ccc(Cn2cccc(C(F)(F)F)c2=O)c([N+](=O)[O-])c1. The topological polar surface area (TPSA) is 108 Å². The molecule has 1 amide bonds. The maximum atomic E-state index is 12.7. The Hall–Kier alpha value is -3.17. The molecule has 0 aliphatic heterocycles. The zero-order chi connectivity index (χ0) is 18.1. The molecule has 126 valence electrons. The van der Waals surface area contributed by atoms with Crippen LogP contribution in [0.5, 0.6) is 0 Å². The molecule has 0 saturated heterocycles. The summed E-state index contributed by atoms with van der Waals surface area (Å²) in [6.07, 6.45) is -3.74. The van der Waals surface area contributed by atoms with E-state index in [2.05, 4.69) is 0 Å². The summed E-state index contributed by atoms with van der Waals surface area (Å²) < 4.78 is 38.9. The fourth-order valence-electron chi connectivity index (χ4n) is 2.08. The highest BCUT2D eigenvalue weighted by Crippen LogP contribution is 2.26. The number of nitrogens with zero attached hydrogens (tertiary/aromatic N) is 2. The van der Waals surface area contributed by atoms with Crippen LogP contribution in [0.25, 0.3) is 0 Å². The van der Waals surface area contributed by atoms with Crippen molar-refractivity contribution in [3.8, 4) is 0 Å². The third-order valence-corrected chi connectivity index (χ3v) is 3.23. The summed E-state index contributed by atoms with van der Waals surface area (Å²) in [5.41, 5.74) is 1.66. The minimum Gasteiger partial charge on any atom is -0.366 e. The third kappa shape index (κ3) is 3.42. The van der Waals surface area contributed by atoms with Gasteiger partial charge >= 0.3 is 6.18 Å². The molecule has 2 rings (SSSR count). The van der Waals surface area contributed by atoms with Crippen molar-refractivity contribution in [3.05, 3.63) is 73.7 Å². The fraction of sp³-hybridized carbons (Fsp3) is 0.143. The molecule has 1 aromatic carbocycles. The number of pyridine rings is 1. The lowest BCUT2D eigenvalue weighted by molar-refractivity contribution is -0.385. The van der Waals surface area contributed by atoms with Crippen molar-refractivity contribution >= 4 is 11.6 Å². The number of aromatic nitrogens is 1. The summed E-state index contributed by atoms with van der Waals surface area (Å²) in [5, 5.41) is 11.1. The highest BCUT2D eigenvalue weighted by molar-refractivity contribution is 5.93. The number of benzene rings is 1.